The van der Waals surface area contributed by atoms with Crippen molar-refractivity contribution in [2.75, 3.05) is 12.4 Å². The van der Waals surface area contributed by atoms with E-state index in [-0.39, 0.29) is 11.9 Å². The number of fused-ring (bicyclic) bond motifs is 1. The second-order valence-electron chi connectivity index (χ2n) is 5.13. The minimum Gasteiger partial charge on any atom is -0.493 e. The normalized spacial score (nSPS) is 16.5. The Kier molecular flexibility index (Phi) is 4.68. The maximum Gasteiger partial charge on any atom is 0.252 e. The van der Waals surface area contributed by atoms with Gasteiger partial charge in [0.1, 0.15) is 5.75 Å². The highest BCUT2D eigenvalue weighted by atomic mass is 32.2. The van der Waals surface area contributed by atoms with Crippen molar-refractivity contribution in [2.45, 2.75) is 24.3 Å². The molecule has 2 aromatic carbocycles. The highest BCUT2D eigenvalue weighted by Crippen LogP contribution is 2.32. The number of nitrogens with one attached hydrogen (secondary N) is 1. The summed E-state index contributed by atoms with van der Waals surface area (Å²) in [5, 5.41) is 3.16. The number of hydrogen-bond acceptors (Lipinski definition) is 3. The van der Waals surface area contributed by atoms with Gasteiger partial charge in [0, 0.05) is 16.9 Å². The smallest absolute Gasteiger partial charge is 0.252 e. The summed E-state index contributed by atoms with van der Waals surface area (Å²) >= 11 is 1.69. The van der Waals surface area contributed by atoms with E-state index in [1.807, 2.05) is 48.5 Å². The van der Waals surface area contributed by atoms with Crippen molar-refractivity contribution in [2.24, 2.45) is 0 Å². The van der Waals surface area contributed by atoms with E-state index in [0.29, 0.717) is 6.61 Å². The third kappa shape index (κ3) is 3.12. The van der Waals surface area contributed by atoms with E-state index in [9.17, 15) is 4.79 Å². The van der Waals surface area contributed by atoms with Crippen LogP contribution in [0.15, 0.2) is 53.4 Å². The fourth-order valence-electron chi connectivity index (χ4n) is 2.66. The summed E-state index contributed by atoms with van der Waals surface area (Å²) in [4.78, 5) is 13.7. The predicted octanol–water partition coefficient (Wildman–Crippen LogP) is 4.05. The van der Waals surface area contributed by atoms with Crippen molar-refractivity contribution in [3.8, 4) is 5.75 Å². The predicted molar refractivity (Wildman–Crippen MR) is 89.6 cm³/mol. The lowest BCUT2D eigenvalue weighted by Gasteiger charge is -2.26. The number of benzene rings is 2. The zero-order valence-electron chi connectivity index (χ0n) is 12.5. The largest absolute Gasteiger partial charge is 0.493 e. The van der Waals surface area contributed by atoms with Gasteiger partial charge in [0.05, 0.1) is 18.2 Å². The van der Waals surface area contributed by atoms with Crippen molar-refractivity contribution in [3.05, 3.63) is 59.7 Å². The van der Waals surface area contributed by atoms with Crippen LogP contribution >= 0.6 is 11.8 Å². The summed E-state index contributed by atoms with van der Waals surface area (Å²) in [6.45, 7) is 2.72. The van der Waals surface area contributed by atoms with Crippen molar-refractivity contribution in [3.63, 3.8) is 0 Å². The van der Waals surface area contributed by atoms with E-state index in [4.69, 9.17) is 4.74 Å². The number of carbonyl (C=O) groups excluding carboxylic acids is 1. The number of carbonyl (C=O) groups is 1. The van der Waals surface area contributed by atoms with Gasteiger partial charge in [-0.15, -0.1) is 11.8 Å². The van der Waals surface area contributed by atoms with Gasteiger partial charge in [-0.2, -0.15) is 0 Å². The SMILES string of the molecule is CCSc1ccccc1C(=O)N[C@@H]1CCOc2ccccc21. The molecule has 22 heavy (non-hydrogen) atoms. The molecule has 1 N–H and O–H groups in total. The summed E-state index contributed by atoms with van der Waals surface area (Å²) in [6, 6.07) is 15.7. The maximum atomic E-state index is 12.7. The Hall–Kier alpha value is -1.94. The Balaban J connectivity index is 1.81. The molecule has 0 aliphatic carbocycles. The van der Waals surface area contributed by atoms with Crippen LogP contribution in [0, 0.1) is 0 Å². The Bertz CT molecular complexity index is 672. The lowest BCUT2D eigenvalue weighted by atomic mass is 10.00. The van der Waals surface area contributed by atoms with E-state index in [1.54, 1.807) is 11.8 Å². The molecule has 0 spiro atoms. The van der Waals surface area contributed by atoms with Crippen LogP contribution in [0.2, 0.25) is 0 Å². The zero-order chi connectivity index (χ0) is 15.4. The average Bonchev–Trinajstić information content (AvgIpc) is 2.56. The topological polar surface area (TPSA) is 38.3 Å². The number of amides is 1. The first kappa shape index (κ1) is 15.0. The molecule has 0 bridgehead atoms. The van der Waals surface area contributed by atoms with Crippen LogP contribution in [0.5, 0.6) is 5.75 Å². The molecule has 1 aliphatic rings. The first-order valence-corrected chi connectivity index (χ1v) is 8.52. The van der Waals surface area contributed by atoms with Crippen LogP contribution in [0.25, 0.3) is 0 Å². The Labute approximate surface area is 135 Å². The molecular weight excluding hydrogens is 294 g/mol. The molecule has 0 fully saturated rings. The Morgan fingerprint density at radius 1 is 1.23 bits per heavy atom. The molecule has 4 heteroatoms. The molecule has 0 saturated carbocycles. The van der Waals surface area contributed by atoms with Gasteiger partial charge < -0.3 is 10.1 Å². The molecule has 3 nitrogen and oxygen atoms in total. The molecule has 114 valence electrons. The second kappa shape index (κ2) is 6.88. The van der Waals surface area contributed by atoms with Crippen molar-refractivity contribution >= 4 is 17.7 Å². The number of para-hydroxylation sites is 1. The highest BCUT2D eigenvalue weighted by molar-refractivity contribution is 7.99. The van der Waals surface area contributed by atoms with Gasteiger partial charge in [0.2, 0.25) is 0 Å². The first-order valence-electron chi connectivity index (χ1n) is 7.54. The number of rotatable bonds is 4. The monoisotopic (exact) mass is 313 g/mol. The molecule has 2 aromatic rings. The fraction of sp³-hybridized carbons (Fsp3) is 0.278. The van der Waals surface area contributed by atoms with Crippen molar-refractivity contribution < 1.29 is 9.53 Å². The lowest BCUT2D eigenvalue weighted by Crippen LogP contribution is -2.32. The van der Waals surface area contributed by atoms with Gasteiger partial charge in [-0.05, 0) is 24.0 Å². The van der Waals surface area contributed by atoms with Gasteiger partial charge in [-0.1, -0.05) is 37.3 Å². The summed E-state index contributed by atoms with van der Waals surface area (Å²) in [5.41, 5.74) is 1.81. The van der Waals surface area contributed by atoms with Gasteiger partial charge in [0.15, 0.2) is 0 Å². The highest BCUT2D eigenvalue weighted by Gasteiger charge is 2.23. The molecule has 3 rings (SSSR count). The molecule has 1 aliphatic heterocycles. The summed E-state index contributed by atoms with van der Waals surface area (Å²) in [7, 11) is 0. The summed E-state index contributed by atoms with van der Waals surface area (Å²) < 4.78 is 5.65. The summed E-state index contributed by atoms with van der Waals surface area (Å²) in [6.07, 6.45) is 0.797. The third-order valence-corrected chi connectivity index (χ3v) is 4.65. The number of hydrogen-bond donors (Lipinski definition) is 1. The van der Waals surface area contributed by atoms with Crippen molar-refractivity contribution in [1.82, 2.24) is 5.32 Å². The maximum absolute atomic E-state index is 12.7. The van der Waals surface area contributed by atoms with E-state index in [2.05, 4.69) is 12.2 Å². The Morgan fingerprint density at radius 2 is 2.00 bits per heavy atom. The average molecular weight is 313 g/mol. The quantitative estimate of drug-likeness (QED) is 0.865. The van der Waals surface area contributed by atoms with Crippen LogP contribution in [0.1, 0.15) is 35.3 Å². The fourth-order valence-corrected chi connectivity index (χ4v) is 3.47. The van der Waals surface area contributed by atoms with E-state index < -0.39 is 0 Å². The molecule has 0 radical (unpaired) electrons. The van der Waals surface area contributed by atoms with Crippen LogP contribution in [-0.4, -0.2) is 18.3 Å². The lowest BCUT2D eigenvalue weighted by molar-refractivity contribution is 0.0922. The molecule has 1 heterocycles. The molecule has 1 atom stereocenters. The first-order chi connectivity index (χ1) is 10.8. The van der Waals surface area contributed by atoms with E-state index in [0.717, 1.165) is 33.9 Å². The molecule has 1 amide bonds. The minimum absolute atomic E-state index is 0.0112. The molecular formula is C18H19NO2S. The molecule has 0 unspecified atom stereocenters. The second-order valence-corrected chi connectivity index (χ2v) is 6.44. The Morgan fingerprint density at radius 3 is 2.86 bits per heavy atom. The van der Waals surface area contributed by atoms with Crippen LogP contribution < -0.4 is 10.1 Å². The third-order valence-electron chi connectivity index (χ3n) is 3.70. The molecule has 0 aromatic heterocycles. The summed E-state index contributed by atoms with van der Waals surface area (Å²) in [5.74, 6) is 1.80. The minimum atomic E-state index is -0.0155. The van der Waals surface area contributed by atoms with Crippen LogP contribution in [0.4, 0.5) is 0 Å². The number of thioether (sulfide) groups is 1. The van der Waals surface area contributed by atoms with E-state index in [1.165, 1.54) is 0 Å². The van der Waals surface area contributed by atoms with Crippen molar-refractivity contribution in [1.29, 1.82) is 0 Å². The van der Waals surface area contributed by atoms with Crippen LogP contribution in [-0.2, 0) is 0 Å². The van der Waals surface area contributed by atoms with Gasteiger partial charge >= 0.3 is 0 Å². The van der Waals surface area contributed by atoms with Gasteiger partial charge in [-0.25, -0.2) is 0 Å². The van der Waals surface area contributed by atoms with Crippen LogP contribution in [0.3, 0.4) is 0 Å². The standard InChI is InChI=1S/C18H19NO2S/c1-2-22-17-10-6-4-8-14(17)18(20)19-15-11-12-21-16-9-5-3-7-13(15)16/h3-10,15H,2,11-12H2,1H3,(H,19,20)/t15-/m1/s1. The van der Waals surface area contributed by atoms with Gasteiger partial charge in [0.25, 0.3) is 5.91 Å². The number of ether oxygens (including phenoxy) is 1. The van der Waals surface area contributed by atoms with E-state index >= 15 is 0 Å². The molecule has 0 saturated heterocycles. The zero-order valence-corrected chi connectivity index (χ0v) is 13.4. The van der Waals surface area contributed by atoms with Gasteiger partial charge in [-0.3, -0.25) is 4.79 Å².